The standard InChI is InChI=1S/C29H36N2O5/c1-5-19-9-7-11-22-24(17-30-28(19)22)23(20-12-13-25(34-3)26(15-20)35-4)16-27(32)31-14-8-10-21(18-31)29(33)36-6-2/h7,9,11-13,15,17,21,23,30H,5-6,8,10,14,16,18H2,1-4H3. The van der Waals surface area contributed by atoms with Crippen LogP contribution in [0.25, 0.3) is 10.9 Å². The first-order valence-electron chi connectivity index (χ1n) is 12.8. The maximum Gasteiger partial charge on any atom is 0.310 e. The summed E-state index contributed by atoms with van der Waals surface area (Å²) >= 11 is 0. The molecule has 1 aliphatic rings. The van der Waals surface area contributed by atoms with Crippen LogP contribution in [0.2, 0.25) is 0 Å². The van der Waals surface area contributed by atoms with Gasteiger partial charge in [-0.25, -0.2) is 0 Å². The number of carbonyl (C=O) groups excluding carboxylic acids is 2. The molecule has 1 N–H and O–H groups in total. The number of hydrogen-bond acceptors (Lipinski definition) is 5. The van der Waals surface area contributed by atoms with Gasteiger partial charge in [-0.2, -0.15) is 0 Å². The Hall–Kier alpha value is -3.48. The highest BCUT2D eigenvalue weighted by Gasteiger charge is 2.31. The van der Waals surface area contributed by atoms with Gasteiger partial charge in [0.25, 0.3) is 0 Å². The van der Waals surface area contributed by atoms with Crippen LogP contribution in [-0.4, -0.2) is 55.7 Å². The third-order valence-corrected chi connectivity index (χ3v) is 7.17. The van der Waals surface area contributed by atoms with Gasteiger partial charge in [0, 0.05) is 42.5 Å². The molecule has 0 bridgehead atoms. The Balaban J connectivity index is 1.69. The molecule has 36 heavy (non-hydrogen) atoms. The van der Waals surface area contributed by atoms with Gasteiger partial charge in [-0.05, 0) is 55.0 Å². The van der Waals surface area contributed by atoms with Crippen LogP contribution in [0.15, 0.2) is 42.6 Å². The molecule has 1 aliphatic heterocycles. The minimum absolute atomic E-state index is 0.0322. The van der Waals surface area contributed by atoms with Gasteiger partial charge in [-0.3, -0.25) is 9.59 Å². The first-order chi connectivity index (χ1) is 17.5. The molecule has 2 atom stereocenters. The number of rotatable bonds is 9. The number of carbonyl (C=O) groups is 2. The van der Waals surface area contributed by atoms with Crippen molar-refractivity contribution in [3.05, 3.63) is 59.3 Å². The molecule has 4 rings (SSSR count). The highest BCUT2D eigenvalue weighted by Crippen LogP contribution is 2.39. The van der Waals surface area contributed by atoms with E-state index >= 15 is 0 Å². The van der Waals surface area contributed by atoms with E-state index in [1.807, 2.05) is 36.2 Å². The molecule has 1 aromatic heterocycles. The third kappa shape index (κ3) is 5.20. The summed E-state index contributed by atoms with van der Waals surface area (Å²) in [5.41, 5.74) is 4.39. The highest BCUT2D eigenvalue weighted by molar-refractivity contribution is 5.88. The Labute approximate surface area is 212 Å². The van der Waals surface area contributed by atoms with Crippen LogP contribution >= 0.6 is 0 Å². The summed E-state index contributed by atoms with van der Waals surface area (Å²) in [6, 6.07) is 12.1. The van der Waals surface area contributed by atoms with Crippen LogP contribution in [0.3, 0.4) is 0 Å². The molecule has 3 aromatic rings. The second-order valence-electron chi connectivity index (χ2n) is 9.24. The lowest BCUT2D eigenvalue weighted by Gasteiger charge is -2.32. The van der Waals surface area contributed by atoms with Crippen molar-refractivity contribution in [3.63, 3.8) is 0 Å². The van der Waals surface area contributed by atoms with Crippen molar-refractivity contribution in [3.8, 4) is 11.5 Å². The topological polar surface area (TPSA) is 80.9 Å². The molecule has 2 heterocycles. The van der Waals surface area contributed by atoms with Gasteiger partial charge in [-0.1, -0.05) is 31.2 Å². The number of nitrogens with one attached hydrogen (secondary N) is 1. The van der Waals surface area contributed by atoms with Crippen molar-refractivity contribution >= 4 is 22.8 Å². The summed E-state index contributed by atoms with van der Waals surface area (Å²) in [6.07, 6.45) is 4.78. The van der Waals surface area contributed by atoms with E-state index in [9.17, 15) is 9.59 Å². The first kappa shape index (κ1) is 25.6. The Bertz CT molecular complexity index is 1220. The van der Waals surface area contributed by atoms with Crippen LogP contribution in [-0.2, 0) is 20.7 Å². The fourth-order valence-corrected chi connectivity index (χ4v) is 5.26. The van der Waals surface area contributed by atoms with Crippen molar-refractivity contribution in [2.45, 2.75) is 45.4 Å². The zero-order valence-electron chi connectivity index (χ0n) is 21.6. The Morgan fingerprint density at radius 1 is 1.11 bits per heavy atom. The quantitative estimate of drug-likeness (QED) is 0.422. The molecule has 2 unspecified atom stereocenters. The molecule has 1 fully saturated rings. The SMILES string of the molecule is CCOC(=O)C1CCCN(C(=O)CC(c2ccc(OC)c(OC)c2)c2c[nH]c3c(CC)cccc23)C1. The fourth-order valence-electron chi connectivity index (χ4n) is 5.26. The van der Waals surface area contributed by atoms with Crippen LogP contribution in [0, 0.1) is 5.92 Å². The number of methoxy groups -OCH3 is 2. The number of ether oxygens (including phenoxy) is 3. The summed E-state index contributed by atoms with van der Waals surface area (Å²) in [7, 11) is 3.23. The zero-order valence-corrected chi connectivity index (χ0v) is 21.6. The number of benzene rings is 2. The molecule has 0 saturated carbocycles. The van der Waals surface area contributed by atoms with E-state index in [0.29, 0.717) is 31.2 Å². The number of aryl methyl sites for hydroxylation is 1. The molecule has 1 amide bonds. The van der Waals surface area contributed by atoms with Crippen LogP contribution in [0.4, 0.5) is 0 Å². The summed E-state index contributed by atoms with van der Waals surface area (Å²) < 4.78 is 16.2. The minimum Gasteiger partial charge on any atom is -0.493 e. The van der Waals surface area contributed by atoms with Crippen molar-refractivity contribution in [2.75, 3.05) is 33.9 Å². The van der Waals surface area contributed by atoms with Crippen molar-refractivity contribution in [1.29, 1.82) is 0 Å². The number of hydrogen-bond donors (Lipinski definition) is 1. The van der Waals surface area contributed by atoms with E-state index in [2.05, 4.69) is 30.1 Å². The molecule has 7 nitrogen and oxygen atoms in total. The van der Waals surface area contributed by atoms with Crippen LogP contribution in [0.1, 0.15) is 55.7 Å². The summed E-state index contributed by atoms with van der Waals surface area (Å²) in [5.74, 6) is 0.636. The molecule has 1 saturated heterocycles. The summed E-state index contributed by atoms with van der Waals surface area (Å²) in [4.78, 5) is 31.3. The molecule has 7 heteroatoms. The van der Waals surface area contributed by atoms with Gasteiger partial charge >= 0.3 is 5.97 Å². The summed E-state index contributed by atoms with van der Waals surface area (Å²) in [6.45, 7) is 5.36. The second kappa shape index (κ2) is 11.5. The fraction of sp³-hybridized carbons (Fsp3) is 0.448. The number of H-pyrrole nitrogens is 1. The van der Waals surface area contributed by atoms with E-state index < -0.39 is 0 Å². The number of piperidine rings is 1. The maximum atomic E-state index is 13.6. The first-order valence-corrected chi connectivity index (χ1v) is 12.8. The molecule has 192 valence electrons. The Kier molecular flexibility index (Phi) is 8.18. The normalized spacial score (nSPS) is 16.6. The number of likely N-dealkylation sites (tertiary alicyclic amines) is 1. The van der Waals surface area contributed by atoms with Crippen molar-refractivity contribution in [2.24, 2.45) is 5.92 Å². The van der Waals surface area contributed by atoms with Crippen LogP contribution in [0.5, 0.6) is 11.5 Å². The van der Waals surface area contributed by atoms with E-state index in [4.69, 9.17) is 14.2 Å². The van der Waals surface area contributed by atoms with Gasteiger partial charge in [0.1, 0.15) is 0 Å². The third-order valence-electron chi connectivity index (χ3n) is 7.17. The highest BCUT2D eigenvalue weighted by atomic mass is 16.5. The lowest BCUT2D eigenvalue weighted by molar-refractivity contribution is -0.151. The predicted molar refractivity (Wildman–Crippen MR) is 140 cm³/mol. The van der Waals surface area contributed by atoms with Crippen molar-refractivity contribution < 1.29 is 23.8 Å². The largest absolute Gasteiger partial charge is 0.493 e. The molecule has 0 radical (unpaired) electrons. The lowest BCUT2D eigenvalue weighted by Crippen LogP contribution is -2.43. The van der Waals surface area contributed by atoms with Crippen LogP contribution < -0.4 is 9.47 Å². The van der Waals surface area contributed by atoms with Gasteiger partial charge in [-0.15, -0.1) is 0 Å². The number of esters is 1. The Morgan fingerprint density at radius 2 is 1.92 bits per heavy atom. The van der Waals surface area contributed by atoms with Gasteiger partial charge in [0.2, 0.25) is 5.91 Å². The van der Waals surface area contributed by atoms with E-state index in [1.54, 1.807) is 14.2 Å². The van der Waals surface area contributed by atoms with Crippen molar-refractivity contribution in [1.82, 2.24) is 9.88 Å². The minimum atomic E-state index is -0.262. The number of amides is 1. The monoisotopic (exact) mass is 492 g/mol. The smallest absolute Gasteiger partial charge is 0.310 e. The average molecular weight is 493 g/mol. The van der Waals surface area contributed by atoms with E-state index in [-0.39, 0.29) is 30.1 Å². The van der Waals surface area contributed by atoms with E-state index in [1.165, 1.54) is 5.56 Å². The summed E-state index contributed by atoms with van der Waals surface area (Å²) in [5, 5.41) is 1.12. The number of fused-ring (bicyclic) bond motifs is 1. The maximum absolute atomic E-state index is 13.6. The number of nitrogens with zero attached hydrogens (tertiary/aromatic N) is 1. The lowest BCUT2D eigenvalue weighted by atomic mass is 9.86. The number of para-hydroxylation sites is 1. The average Bonchev–Trinajstić information content (AvgIpc) is 3.35. The number of aromatic nitrogens is 1. The molecule has 0 aliphatic carbocycles. The molecular formula is C29H36N2O5. The molecule has 0 spiro atoms. The zero-order chi connectivity index (χ0) is 25.7. The van der Waals surface area contributed by atoms with Gasteiger partial charge in [0.05, 0.1) is 26.7 Å². The van der Waals surface area contributed by atoms with Gasteiger partial charge < -0.3 is 24.1 Å². The number of aromatic amines is 1. The van der Waals surface area contributed by atoms with Gasteiger partial charge in [0.15, 0.2) is 11.5 Å². The molecular weight excluding hydrogens is 456 g/mol. The second-order valence-corrected chi connectivity index (χ2v) is 9.24. The Morgan fingerprint density at radius 3 is 2.64 bits per heavy atom. The predicted octanol–water partition coefficient (Wildman–Crippen LogP) is 5.07. The molecule has 2 aromatic carbocycles. The van der Waals surface area contributed by atoms with E-state index in [0.717, 1.165) is 41.3 Å².